The third-order valence-electron chi connectivity index (χ3n) is 4.69. The highest BCUT2D eigenvalue weighted by Crippen LogP contribution is 2.33. The van der Waals surface area contributed by atoms with Crippen molar-refractivity contribution in [2.45, 2.75) is 32.9 Å². The van der Waals surface area contributed by atoms with Crippen LogP contribution in [0, 0.1) is 10.1 Å². The Kier molecular flexibility index (Phi) is 5.29. The van der Waals surface area contributed by atoms with Crippen LogP contribution >= 0.6 is 0 Å². The van der Waals surface area contributed by atoms with Crippen LogP contribution in [0.4, 0.5) is 17.3 Å². The SMILES string of the molecule is CC(C)(C)Nc1c(-c2ccc([N+](=O)[O-])cc2)nc2c(NCc3ccccc3)nccn12. The summed E-state index contributed by atoms with van der Waals surface area (Å²) in [5.74, 6) is 1.47. The van der Waals surface area contributed by atoms with E-state index in [4.69, 9.17) is 4.98 Å². The van der Waals surface area contributed by atoms with Crippen molar-refractivity contribution in [1.29, 1.82) is 0 Å². The monoisotopic (exact) mass is 416 g/mol. The molecule has 0 unspecified atom stereocenters. The van der Waals surface area contributed by atoms with Crippen LogP contribution in [0.5, 0.6) is 0 Å². The van der Waals surface area contributed by atoms with E-state index in [0.717, 1.165) is 16.9 Å². The van der Waals surface area contributed by atoms with E-state index in [-0.39, 0.29) is 11.2 Å². The van der Waals surface area contributed by atoms with Crippen LogP contribution in [-0.2, 0) is 6.54 Å². The van der Waals surface area contributed by atoms with Gasteiger partial charge in [-0.15, -0.1) is 0 Å². The van der Waals surface area contributed by atoms with Crippen molar-refractivity contribution in [2.75, 3.05) is 10.6 Å². The number of nitro groups is 1. The van der Waals surface area contributed by atoms with Crippen LogP contribution < -0.4 is 10.6 Å². The van der Waals surface area contributed by atoms with E-state index in [2.05, 4.69) is 36.4 Å². The Morgan fingerprint density at radius 2 is 1.77 bits per heavy atom. The lowest BCUT2D eigenvalue weighted by atomic mass is 10.1. The van der Waals surface area contributed by atoms with E-state index in [1.54, 1.807) is 18.3 Å². The van der Waals surface area contributed by atoms with Gasteiger partial charge in [0.05, 0.1) is 4.92 Å². The first kappa shape index (κ1) is 20.3. The second-order valence-electron chi connectivity index (χ2n) is 8.30. The van der Waals surface area contributed by atoms with Crippen molar-refractivity contribution < 1.29 is 4.92 Å². The van der Waals surface area contributed by atoms with E-state index in [0.29, 0.717) is 23.7 Å². The van der Waals surface area contributed by atoms with Gasteiger partial charge in [0.2, 0.25) is 0 Å². The Bertz CT molecular complexity index is 1210. The van der Waals surface area contributed by atoms with E-state index in [1.165, 1.54) is 12.1 Å². The number of nitro benzene ring substituents is 1. The van der Waals surface area contributed by atoms with Crippen LogP contribution in [0.1, 0.15) is 26.3 Å². The van der Waals surface area contributed by atoms with Crippen molar-refractivity contribution in [2.24, 2.45) is 0 Å². The largest absolute Gasteiger partial charge is 0.365 e. The number of benzene rings is 2. The zero-order chi connectivity index (χ0) is 22.0. The molecule has 8 nitrogen and oxygen atoms in total. The molecular formula is C23H24N6O2. The molecular weight excluding hydrogens is 392 g/mol. The number of hydrogen-bond donors (Lipinski definition) is 2. The average molecular weight is 416 g/mol. The molecule has 0 amide bonds. The zero-order valence-corrected chi connectivity index (χ0v) is 17.7. The van der Waals surface area contributed by atoms with E-state index in [9.17, 15) is 10.1 Å². The van der Waals surface area contributed by atoms with Crippen LogP contribution in [0.15, 0.2) is 67.0 Å². The molecule has 2 heterocycles. The molecule has 8 heteroatoms. The summed E-state index contributed by atoms with van der Waals surface area (Å²) in [5, 5.41) is 17.9. The van der Waals surface area contributed by atoms with Gasteiger partial charge in [0.1, 0.15) is 11.5 Å². The maximum Gasteiger partial charge on any atom is 0.269 e. The summed E-state index contributed by atoms with van der Waals surface area (Å²) in [6, 6.07) is 16.5. The fourth-order valence-corrected chi connectivity index (χ4v) is 3.30. The smallest absolute Gasteiger partial charge is 0.269 e. The van der Waals surface area contributed by atoms with Crippen molar-refractivity contribution in [1.82, 2.24) is 14.4 Å². The lowest BCUT2D eigenvalue weighted by Gasteiger charge is -2.22. The lowest BCUT2D eigenvalue weighted by molar-refractivity contribution is -0.384. The van der Waals surface area contributed by atoms with Crippen LogP contribution in [0.25, 0.3) is 16.9 Å². The quantitative estimate of drug-likeness (QED) is 0.334. The molecule has 158 valence electrons. The molecule has 4 aromatic rings. The van der Waals surface area contributed by atoms with Crippen molar-refractivity contribution in [3.05, 3.63) is 82.7 Å². The van der Waals surface area contributed by atoms with Gasteiger partial charge in [-0.2, -0.15) is 0 Å². The van der Waals surface area contributed by atoms with Gasteiger partial charge in [0, 0.05) is 42.2 Å². The summed E-state index contributed by atoms with van der Waals surface area (Å²) in [4.78, 5) is 20.0. The van der Waals surface area contributed by atoms with Gasteiger partial charge >= 0.3 is 0 Å². The number of rotatable bonds is 6. The molecule has 2 N–H and O–H groups in total. The van der Waals surface area contributed by atoms with Crippen molar-refractivity contribution >= 4 is 23.0 Å². The molecule has 0 atom stereocenters. The van der Waals surface area contributed by atoms with Gasteiger partial charge in [-0.3, -0.25) is 14.5 Å². The average Bonchev–Trinajstić information content (AvgIpc) is 3.10. The van der Waals surface area contributed by atoms with E-state index >= 15 is 0 Å². The van der Waals surface area contributed by atoms with E-state index in [1.807, 2.05) is 40.9 Å². The summed E-state index contributed by atoms with van der Waals surface area (Å²) in [5.41, 5.74) is 3.15. The minimum atomic E-state index is -0.405. The molecule has 0 aliphatic carbocycles. The Balaban J connectivity index is 1.78. The van der Waals surface area contributed by atoms with Gasteiger partial charge < -0.3 is 10.6 Å². The normalized spacial score (nSPS) is 11.5. The van der Waals surface area contributed by atoms with Gasteiger partial charge in [-0.25, -0.2) is 9.97 Å². The molecule has 0 saturated heterocycles. The topological polar surface area (TPSA) is 97.4 Å². The highest BCUT2D eigenvalue weighted by Gasteiger charge is 2.21. The van der Waals surface area contributed by atoms with Crippen LogP contribution in [0.3, 0.4) is 0 Å². The van der Waals surface area contributed by atoms with Gasteiger partial charge in [-0.05, 0) is 38.5 Å². The Labute approximate surface area is 180 Å². The predicted molar refractivity (Wildman–Crippen MR) is 122 cm³/mol. The number of aromatic nitrogens is 3. The number of hydrogen-bond acceptors (Lipinski definition) is 6. The molecule has 2 aromatic heterocycles. The standard InChI is InChI=1S/C23H24N6O2/c1-23(2,3)27-21-19(17-9-11-18(12-10-17)29(30)31)26-22-20(24-13-14-28(21)22)25-15-16-7-5-4-6-8-16/h4-14,27H,15H2,1-3H3,(H,24,25). The molecule has 0 fully saturated rings. The summed E-state index contributed by atoms with van der Waals surface area (Å²) in [7, 11) is 0. The Morgan fingerprint density at radius 3 is 2.42 bits per heavy atom. The van der Waals surface area contributed by atoms with Crippen molar-refractivity contribution in [3.63, 3.8) is 0 Å². The third-order valence-corrected chi connectivity index (χ3v) is 4.69. The summed E-state index contributed by atoms with van der Waals surface area (Å²) in [6.45, 7) is 6.83. The number of non-ortho nitro benzene ring substituents is 1. The number of fused-ring (bicyclic) bond motifs is 1. The molecule has 0 aliphatic rings. The second-order valence-corrected chi connectivity index (χ2v) is 8.30. The molecule has 0 radical (unpaired) electrons. The highest BCUT2D eigenvalue weighted by atomic mass is 16.6. The maximum absolute atomic E-state index is 11.0. The van der Waals surface area contributed by atoms with Crippen LogP contribution in [0.2, 0.25) is 0 Å². The highest BCUT2D eigenvalue weighted by molar-refractivity contribution is 5.80. The summed E-state index contributed by atoms with van der Waals surface area (Å²) < 4.78 is 1.96. The van der Waals surface area contributed by atoms with Crippen LogP contribution in [-0.4, -0.2) is 24.8 Å². The minimum Gasteiger partial charge on any atom is -0.365 e. The number of nitrogens with zero attached hydrogens (tertiary/aromatic N) is 4. The van der Waals surface area contributed by atoms with Gasteiger partial charge in [-0.1, -0.05) is 30.3 Å². The van der Waals surface area contributed by atoms with Gasteiger partial charge in [0.25, 0.3) is 5.69 Å². The first-order chi connectivity index (χ1) is 14.8. The Hall–Kier alpha value is -3.94. The van der Waals surface area contributed by atoms with Crippen molar-refractivity contribution in [3.8, 4) is 11.3 Å². The van der Waals surface area contributed by atoms with Gasteiger partial charge in [0.15, 0.2) is 11.5 Å². The first-order valence-electron chi connectivity index (χ1n) is 10.00. The number of nitrogens with one attached hydrogen (secondary N) is 2. The molecule has 0 spiro atoms. The summed E-state index contributed by atoms with van der Waals surface area (Å²) >= 11 is 0. The molecule has 2 aromatic carbocycles. The molecule has 31 heavy (non-hydrogen) atoms. The molecule has 4 rings (SSSR count). The molecule has 0 bridgehead atoms. The second kappa shape index (κ2) is 8.06. The zero-order valence-electron chi connectivity index (χ0n) is 17.7. The fraction of sp³-hybridized carbons (Fsp3) is 0.217. The fourth-order valence-electron chi connectivity index (χ4n) is 3.30. The summed E-state index contributed by atoms with van der Waals surface area (Å²) in [6.07, 6.45) is 3.59. The first-order valence-corrected chi connectivity index (χ1v) is 10.00. The lowest BCUT2D eigenvalue weighted by Crippen LogP contribution is -2.27. The maximum atomic E-state index is 11.0. The number of anilines is 2. The number of imidazole rings is 1. The minimum absolute atomic E-state index is 0.0460. The van der Waals surface area contributed by atoms with E-state index < -0.39 is 4.92 Å². The molecule has 0 saturated carbocycles. The Morgan fingerprint density at radius 1 is 1.06 bits per heavy atom. The third kappa shape index (κ3) is 4.48. The predicted octanol–water partition coefficient (Wildman–Crippen LogP) is 5.13. The molecule has 0 aliphatic heterocycles.